The number of hydrogen-bond acceptors (Lipinski definition) is 2. The fourth-order valence-electron chi connectivity index (χ4n) is 3.36. The monoisotopic (exact) mass is 412 g/mol. The SMILES string of the molecule is CCCN(CC(=O)N(Cc1cccn1C)CC(C)C)C(=O)Nc1ccc(C)c(C)c1. The lowest BCUT2D eigenvalue weighted by Gasteiger charge is -2.29. The van der Waals surface area contributed by atoms with Gasteiger partial charge < -0.3 is 19.7 Å². The molecule has 0 spiro atoms. The van der Waals surface area contributed by atoms with Crippen molar-refractivity contribution in [3.05, 3.63) is 53.3 Å². The molecule has 0 unspecified atom stereocenters. The van der Waals surface area contributed by atoms with Gasteiger partial charge in [0.2, 0.25) is 5.91 Å². The number of benzene rings is 1. The third kappa shape index (κ3) is 6.65. The summed E-state index contributed by atoms with van der Waals surface area (Å²) in [5.74, 6) is 0.312. The lowest BCUT2D eigenvalue weighted by Crippen LogP contribution is -2.45. The minimum Gasteiger partial charge on any atom is -0.353 e. The molecule has 0 radical (unpaired) electrons. The van der Waals surface area contributed by atoms with Crippen LogP contribution in [0, 0.1) is 19.8 Å². The molecule has 0 aliphatic heterocycles. The van der Waals surface area contributed by atoms with Gasteiger partial charge in [-0.2, -0.15) is 0 Å². The zero-order valence-corrected chi connectivity index (χ0v) is 19.2. The van der Waals surface area contributed by atoms with Crippen LogP contribution in [0.1, 0.15) is 44.0 Å². The minimum atomic E-state index is -0.239. The first-order valence-corrected chi connectivity index (χ1v) is 10.7. The minimum absolute atomic E-state index is 0.0337. The highest BCUT2D eigenvalue weighted by atomic mass is 16.2. The summed E-state index contributed by atoms with van der Waals surface area (Å²) in [4.78, 5) is 29.5. The van der Waals surface area contributed by atoms with E-state index in [1.54, 1.807) is 4.90 Å². The summed E-state index contributed by atoms with van der Waals surface area (Å²) in [6.45, 7) is 12.1. The van der Waals surface area contributed by atoms with Crippen LogP contribution in [0.3, 0.4) is 0 Å². The van der Waals surface area contributed by atoms with Crippen LogP contribution < -0.4 is 5.32 Å². The molecular weight excluding hydrogens is 376 g/mol. The highest BCUT2D eigenvalue weighted by Gasteiger charge is 2.22. The van der Waals surface area contributed by atoms with Crippen LogP contribution in [0.15, 0.2) is 36.5 Å². The van der Waals surface area contributed by atoms with E-state index in [4.69, 9.17) is 0 Å². The summed E-state index contributed by atoms with van der Waals surface area (Å²) in [7, 11) is 1.98. The van der Waals surface area contributed by atoms with Crippen molar-refractivity contribution in [2.45, 2.75) is 47.6 Å². The first kappa shape index (κ1) is 23.5. The second-order valence-corrected chi connectivity index (χ2v) is 8.43. The van der Waals surface area contributed by atoms with E-state index in [2.05, 4.69) is 19.2 Å². The first-order valence-electron chi connectivity index (χ1n) is 10.7. The molecule has 6 heteroatoms. The van der Waals surface area contributed by atoms with E-state index in [0.717, 1.165) is 23.4 Å². The number of amides is 3. The van der Waals surface area contributed by atoms with Crippen LogP contribution >= 0.6 is 0 Å². The van der Waals surface area contributed by atoms with Crippen molar-refractivity contribution in [3.63, 3.8) is 0 Å². The van der Waals surface area contributed by atoms with Gasteiger partial charge in [0.1, 0.15) is 6.54 Å². The second kappa shape index (κ2) is 10.9. The van der Waals surface area contributed by atoms with E-state index in [9.17, 15) is 9.59 Å². The van der Waals surface area contributed by atoms with Crippen LogP contribution in [0.25, 0.3) is 0 Å². The predicted molar refractivity (Wildman–Crippen MR) is 122 cm³/mol. The fraction of sp³-hybridized carbons (Fsp3) is 0.500. The molecule has 1 heterocycles. The molecule has 1 N–H and O–H groups in total. The molecule has 0 bridgehead atoms. The molecule has 2 rings (SSSR count). The van der Waals surface area contributed by atoms with Crippen molar-refractivity contribution in [1.29, 1.82) is 0 Å². The molecule has 0 atom stereocenters. The maximum Gasteiger partial charge on any atom is 0.322 e. The Morgan fingerprint density at radius 1 is 1.10 bits per heavy atom. The summed E-state index contributed by atoms with van der Waals surface area (Å²) in [5.41, 5.74) is 4.13. The highest BCUT2D eigenvalue weighted by Crippen LogP contribution is 2.15. The van der Waals surface area contributed by atoms with Gasteiger partial charge in [-0.15, -0.1) is 0 Å². The molecular formula is C24H36N4O2. The molecule has 3 amide bonds. The maximum atomic E-state index is 13.2. The quantitative estimate of drug-likeness (QED) is 0.656. The number of nitrogens with one attached hydrogen (secondary N) is 1. The van der Waals surface area contributed by atoms with Crippen molar-refractivity contribution in [2.24, 2.45) is 13.0 Å². The lowest BCUT2D eigenvalue weighted by molar-refractivity contribution is -0.133. The molecule has 1 aromatic heterocycles. The van der Waals surface area contributed by atoms with Gasteiger partial charge in [0, 0.05) is 37.7 Å². The molecule has 0 aliphatic rings. The average molecular weight is 413 g/mol. The lowest BCUT2D eigenvalue weighted by atomic mass is 10.1. The summed E-state index contributed by atoms with van der Waals surface area (Å²) < 4.78 is 2.02. The smallest absolute Gasteiger partial charge is 0.322 e. The fourth-order valence-corrected chi connectivity index (χ4v) is 3.36. The van der Waals surface area contributed by atoms with Gasteiger partial charge >= 0.3 is 6.03 Å². The maximum absolute atomic E-state index is 13.2. The second-order valence-electron chi connectivity index (χ2n) is 8.43. The van der Waals surface area contributed by atoms with E-state index in [1.165, 1.54) is 5.56 Å². The Morgan fingerprint density at radius 2 is 1.83 bits per heavy atom. The Hall–Kier alpha value is -2.76. The van der Waals surface area contributed by atoms with Crippen molar-refractivity contribution < 1.29 is 9.59 Å². The molecule has 6 nitrogen and oxygen atoms in total. The third-order valence-corrected chi connectivity index (χ3v) is 5.21. The number of nitrogens with zero attached hydrogens (tertiary/aromatic N) is 3. The number of anilines is 1. The van der Waals surface area contributed by atoms with E-state index in [-0.39, 0.29) is 18.5 Å². The summed E-state index contributed by atoms with van der Waals surface area (Å²) in [6, 6.07) is 9.61. The van der Waals surface area contributed by atoms with Crippen LogP contribution in [-0.2, 0) is 18.4 Å². The average Bonchev–Trinajstić information content (AvgIpc) is 3.08. The third-order valence-electron chi connectivity index (χ3n) is 5.21. The Labute approximate surface area is 180 Å². The molecule has 0 aliphatic carbocycles. The molecule has 164 valence electrons. The molecule has 1 aromatic carbocycles. The largest absolute Gasteiger partial charge is 0.353 e. The Bertz CT molecular complexity index is 857. The summed E-state index contributed by atoms with van der Waals surface area (Å²) >= 11 is 0. The molecule has 0 fully saturated rings. The topological polar surface area (TPSA) is 57.6 Å². The summed E-state index contributed by atoms with van der Waals surface area (Å²) in [5, 5.41) is 2.95. The van der Waals surface area contributed by atoms with Crippen LogP contribution in [0.5, 0.6) is 0 Å². The standard InChI is InChI=1S/C24H36N4O2/c1-7-12-27(24(30)25-21-11-10-19(4)20(5)14-21)17-23(29)28(15-18(2)3)16-22-9-8-13-26(22)6/h8-11,13-14,18H,7,12,15-17H2,1-6H3,(H,25,30). The van der Waals surface area contributed by atoms with Crippen molar-refractivity contribution in [3.8, 4) is 0 Å². The molecule has 0 saturated heterocycles. The predicted octanol–water partition coefficient (Wildman–Crippen LogP) is 4.57. The van der Waals surface area contributed by atoms with Gasteiger partial charge in [0.05, 0.1) is 6.54 Å². The van der Waals surface area contributed by atoms with E-state index >= 15 is 0 Å². The zero-order chi connectivity index (χ0) is 22.3. The highest BCUT2D eigenvalue weighted by molar-refractivity contribution is 5.92. The van der Waals surface area contributed by atoms with Gasteiger partial charge in [-0.05, 0) is 61.6 Å². The van der Waals surface area contributed by atoms with Crippen molar-refractivity contribution >= 4 is 17.6 Å². The molecule has 30 heavy (non-hydrogen) atoms. The van der Waals surface area contributed by atoms with E-state index < -0.39 is 0 Å². The number of aromatic nitrogens is 1. The Morgan fingerprint density at radius 3 is 2.40 bits per heavy atom. The normalized spacial score (nSPS) is 10.9. The van der Waals surface area contributed by atoms with Crippen molar-refractivity contribution in [1.82, 2.24) is 14.4 Å². The van der Waals surface area contributed by atoms with E-state index in [0.29, 0.717) is 25.6 Å². The number of rotatable bonds is 9. The van der Waals surface area contributed by atoms with Crippen LogP contribution in [0.4, 0.5) is 10.5 Å². The number of aryl methyl sites for hydroxylation is 3. The molecule has 2 aromatic rings. The Balaban J connectivity index is 2.10. The van der Waals surface area contributed by atoms with Gasteiger partial charge in [-0.25, -0.2) is 4.79 Å². The summed E-state index contributed by atoms with van der Waals surface area (Å²) in [6.07, 6.45) is 2.77. The van der Waals surface area contributed by atoms with E-state index in [1.807, 2.05) is 73.8 Å². The first-order chi connectivity index (χ1) is 14.2. The zero-order valence-electron chi connectivity index (χ0n) is 19.2. The van der Waals surface area contributed by atoms with Crippen LogP contribution in [-0.4, -0.2) is 45.9 Å². The number of hydrogen-bond donors (Lipinski definition) is 1. The van der Waals surface area contributed by atoms with Gasteiger partial charge in [-0.3, -0.25) is 4.79 Å². The number of carbonyl (C=O) groups is 2. The molecule has 0 saturated carbocycles. The van der Waals surface area contributed by atoms with Crippen LogP contribution in [0.2, 0.25) is 0 Å². The van der Waals surface area contributed by atoms with Gasteiger partial charge in [0.15, 0.2) is 0 Å². The van der Waals surface area contributed by atoms with Gasteiger partial charge in [-0.1, -0.05) is 26.8 Å². The Kier molecular flexibility index (Phi) is 8.51. The number of carbonyl (C=O) groups excluding carboxylic acids is 2. The number of urea groups is 1. The van der Waals surface area contributed by atoms with Gasteiger partial charge in [0.25, 0.3) is 0 Å². The van der Waals surface area contributed by atoms with Crippen molar-refractivity contribution in [2.75, 3.05) is 25.0 Å².